The molecular formula is C33H30ClF4N5O2S. The first-order valence-electron chi connectivity index (χ1n) is 14.6. The van der Waals surface area contributed by atoms with Gasteiger partial charge in [-0.1, -0.05) is 17.2 Å². The van der Waals surface area contributed by atoms with Crippen molar-refractivity contribution in [1.82, 2.24) is 24.1 Å². The highest BCUT2D eigenvalue weighted by atomic mass is 35.5. The summed E-state index contributed by atoms with van der Waals surface area (Å²) in [7, 11) is -3.12. The topological polar surface area (TPSA) is 81.0 Å². The lowest BCUT2D eigenvalue weighted by molar-refractivity contribution is -0.137. The van der Waals surface area contributed by atoms with Crippen LogP contribution in [0, 0.1) is 11.2 Å². The van der Waals surface area contributed by atoms with Crippen molar-refractivity contribution in [2.75, 3.05) is 0 Å². The molecule has 4 aromatic rings. The van der Waals surface area contributed by atoms with Crippen LogP contribution in [-0.4, -0.2) is 52.0 Å². The number of hydrogen-bond acceptors (Lipinski definition) is 5. The lowest BCUT2D eigenvalue weighted by atomic mass is 9.60. The zero-order chi connectivity index (χ0) is 33.0. The number of alkyl halides is 3. The Morgan fingerprint density at radius 3 is 2.52 bits per heavy atom. The molecular weight excluding hydrogens is 642 g/mol. The zero-order valence-electron chi connectivity index (χ0n) is 25.0. The molecule has 3 heterocycles. The van der Waals surface area contributed by atoms with Crippen LogP contribution in [0.15, 0.2) is 77.6 Å². The van der Waals surface area contributed by atoms with Crippen molar-refractivity contribution in [2.45, 2.75) is 62.7 Å². The molecule has 1 aromatic carbocycles. The number of carbonyl (C=O) groups excluding carboxylic acids is 1. The van der Waals surface area contributed by atoms with E-state index in [1.54, 1.807) is 33.4 Å². The van der Waals surface area contributed by atoms with Gasteiger partial charge in [-0.05, 0) is 106 Å². The summed E-state index contributed by atoms with van der Waals surface area (Å²) < 4.78 is 72.7. The predicted molar refractivity (Wildman–Crippen MR) is 169 cm³/mol. The quantitative estimate of drug-likeness (QED) is 0.0896. The average molecular weight is 672 g/mol. The van der Waals surface area contributed by atoms with Crippen LogP contribution in [0.3, 0.4) is 0 Å². The summed E-state index contributed by atoms with van der Waals surface area (Å²) in [4.78, 5) is 23.2. The van der Waals surface area contributed by atoms with Gasteiger partial charge in [-0.15, -0.1) is 0 Å². The third kappa shape index (κ3) is 5.67. The molecule has 3 aromatic heterocycles. The Labute approximate surface area is 269 Å². The van der Waals surface area contributed by atoms with Gasteiger partial charge in [-0.25, -0.2) is 22.6 Å². The molecule has 7 nitrogen and oxygen atoms in total. The van der Waals surface area contributed by atoms with E-state index < -0.39 is 44.5 Å². The maximum Gasteiger partial charge on any atom is 0.416 e. The molecule has 13 heteroatoms. The Kier molecular flexibility index (Phi) is 8.19. The summed E-state index contributed by atoms with van der Waals surface area (Å²) in [5, 5.41) is 4.76. The van der Waals surface area contributed by atoms with Crippen molar-refractivity contribution < 1.29 is 26.6 Å². The Bertz CT molecular complexity index is 1940. The third-order valence-corrected chi connectivity index (χ3v) is 11.3. The van der Waals surface area contributed by atoms with E-state index in [4.69, 9.17) is 11.6 Å². The van der Waals surface area contributed by atoms with Gasteiger partial charge in [0.05, 0.1) is 43.2 Å². The van der Waals surface area contributed by atoms with Crippen LogP contribution in [0.5, 0.6) is 0 Å². The highest BCUT2D eigenvalue weighted by Gasteiger charge is 2.51. The zero-order valence-corrected chi connectivity index (χ0v) is 26.5. The van der Waals surface area contributed by atoms with Crippen molar-refractivity contribution in [3.63, 3.8) is 0 Å². The molecule has 2 aliphatic carbocycles. The van der Waals surface area contributed by atoms with Crippen LogP contribution in [0.25, 0.3) is 11.8 Å². The first-order chi connectivity index (χ1) is 21.7. The van der Waals surface area contributed by atoms with Gasteiger partial charge in [0.2, 0.25) is 0 Å². The molecule has 0 saturated heterocycles. The number of allylic oxidation sites excluding steroid dienone is 1. The molecule has 2 aliphatic rings. The molecule has 0 bridgehead atoms. The number of benzene rings is 1. The van der Waals surface area contributed by atoms with E-state index in [2.05, 4.69) is 20.9 Å². The minimum Gasteiger partial charge on any atom is -0.291 e. The van der Waals surface area contributed by atoms with E-state index in [1.165, 1.54) is 24.4 Å². The van der Waals surface area contributed by atoms with Gasteiger partial charge in [0.25, 0.3) is 0 Å². The Balaban J connectivity index is 1.47. The van der Waals surface area contributed by atoms with E-state index in [0.29, 0.717) is 34.7 Å². The normalized spacial score (nSPS) is 21.0. The van der Waals surface area contributed by atoms with Crippen LogP contribution in [0.4, 0.5) is 17.6 Å². The summed E-state index contributed by atoms with van der Waals surface area (Å²) in [6, 6.07) is 9.88. The molecule has 1 saturated carbocycles. The van der Waals surface area contributed by atoms with Gasteiger partial charge in [-0.2, -0.15) is 18.3 Å². The SMILES string of the molecule is C=S(=O)(c1ccc(Cl)nc1)N(C(C)C)[C@H]1CCC2=Cc3c(cnn3-c3ccc(F)cc3)C[C@]2(C(=O)c2cc(C(F)(F)F)ccn2)C1. The molecule has 0 spiro atoms. The summed E-state index contributed by atoms with van der Waals surface area (Å²) in [5.41, 5.74) is 0.161. The van der Waals surface area contributed by atoms with E-state index in [9.17, 15) is 26.6 Å². The molecule has 3 atom stereocenters. The number of rotatable bonds is 7. The molecule has 0 radical (unpaired) electrons. The second-order valence-electron chi connectivity index (χ2n) is 11.9. The Hall–Kier alpha value is -3.87. The first-order valence-corrected chi connectivity index (χ1v) is 16.7. The van der Waals surface area contributed by atoms with Gasteiger partial charge in [0, 0.05) is 24.5 Å². The standard InChI is InChI=1S/C33H30ClF4N5O2S/c1-20(2)43(46(3,45)27-10-11-30(34)40-19-27)26-7-4-22-15-29-21(18-41-42(29)25-8-5-24(35)6-9-25)16-32(22,17-26)31(44)28-14-23(12-13-39-28)33(36,37)38/h5-6,8-15,18-20,26H,3-4,7,16-17H2,1-2H3/t26-,32-,46?/m0/s1. The summed E-state index contributed by atoms with van der Waals surface area (Å²) >= 11 is 5.99. The lowest BCUT2D eigenvalue weighted by Gasteiger charge is -2.48. The summed E-state index contributed by atoms with van der Waals surface area (Å²) in [6.07, 6.45) is 2.41. The molecule has 6 rings (SSSR count). The minimum absolute atomic E-state index is 0.134. The van der Waals surface area contributed by atoms with Crippen molar-refractivity contribution >= 4 is 39.0 Å². The number of carbonyl (C=O) groups is 1. The Morgan fingerprint density at radius 1 is 1.13 bits per heavy atom. The molecule has 46 heavy (non-hydrogen) atoms. The maximum atomic E-state index is 14.6. The molecule has 0 aliphatic heterocycles. The molecule has 0 N–H and O–H groups in total. The fourth-order valence-electron chi connectivity index (χ4n) is 6.74. The summed E-state index contributed by atoms with van der Waals surface area (Å²) in [5.74, 6) is 3.16. The van der Waals surface area contributed by atoms with Crippen molar-refractivity contribution in [3.8, 4) is 5.69 Å². The van der Waals surface area contributed by atoms with Crippen LogP contribution in [0.2, 0.25) is 5.15 Å². The second-order valence-corrected chi connectivity index (χ2v) is 14.5. The number of halogens is 5. The van der Waals surface area contributed by atoms with E-state index >= 15 is 0 Å². The largest absolute Gasteiger partial charge is 0.416 e. The molecule has 1 unspecified atom stereocenters. The number of fused-ring (bicyclic) bond motifs is 2. The Morgan fingerprint density at radius 2 is 1.87 bits per heavy atom. The van der Waals surface area contributed by atoms with Crippen LogP contribution >= 0.6 is 11.6 Å². The van der Waals surface area contributed by atoms with Gasteiger partial charge in [0.1, 0.15) is 16.7 Å². The molecule has 0 amide bonds. The fourth-order valence-corrected chi connectivity index (χ4v) is 8.94. The van der Waals surface area contributed by atoms with Crippen molar-refractivity contribution in [2.24, 2.45) is 5.41 Å². The van der Waals surface area contributed by atoms with Gasteiger partial charge < -0.3 is 0 Å². The smallest absolute Gasteiger partial charge is 0.291 e. The number of hydrogen-bond donors (Lipinski definition) is 0. The van der Waals surface area contributed by atoms with Crippen LogP contribution < -0.4 is 0 Å². The lowest BCUT2D eigenvalue weighted by Crippen LogP contribution is -2.52. The number of ketones is 1. The van der Waals surface area contributed by atoms with Gasteiger partial charge >= 0.3 is 6.18 Å². The average Bonchev–Trinajstić information content (AvgIpc) is 3.41. The van der Waals surface area contributed by atoms with E-state index in [0.717, 1.165) is 23.9 Å². The van der Waals surface area contributed by atoms with Crippen LogP contribution in [0.1, 0.15) is 60.4 Å². The maximum absolute atomic E-state index is 14.6. The van der Waals surface area contributed by atoms with E-state index in [-0.39, 0.29) is 29.7 Å². The van der Waals surface area contributed by atoms with Gasteiger partial charge in [-0.3, -0.25) is 9.78 Å². The number of Topliss-reactive ketones (excluding diaryl/α,β-unsaturated/α-hetero) is 1. The first kappa shape index (κ1) is 32.1. The monoisotopic (exact) mass is 671 g/mol. The molecule has 1 fully saturated rings. The fraction of sp³-hybridized carbons (Fsp3) is 0.303. The third-order valence-electron chi connectivity index (χ3n) is 8.74. The van der Waals surface area contributed by atoms with Crippen molar-refractivity contribution in [1.29, 1.82) is 0 Å². The minimum atomic E-state index is -4.67. The number of aromatic nitrogens is 4. The van der Waals surface area contributed by atoms with E-state index in [1.807, 2.05) is 19.9 Å². The second kappa shape index (κ2) is 11.7. The molecule has 240 valence electrons. The highest BCUT2D eigenvalue weighted by molar-refractivity contribution is 7.98. The summed E-state index contributed by atoms with van der Waals surface area (Å²) in [6.45, 7) is 3.77. The van der Waals surface area contributed by atoms with Crippen molar-refractivity contribution in [3.05, 3.63) is 106 Å². The predicted octanol–water partition coefficient (Wildman–Crippen LogP) is 7.24. The number of pyridine rings is 2. The highest BCUT2D eigenvalue weighted by Crippen LogP contribution is 2.52. The van der Waals surface area contributed by atoms with Gasteiger partial charge in [0.15, 0.2) is 5.78 Å². The number of nitrogens with zero attached hydrogens (tertiary/aromatic N) is 5. The van der Waals surface area contributed by atoms with Crippen LogP contribution in [-0.2, 0) is 22.3 Å².